The molecule has 82 valence electrons. The van der Waals surface area contributed by atoms with E-state index in [0.29, 0.717) is 0 Å². The molecule has 2 aromatic rings. The van der Waals surface area contributed by atoms with Crippen LogP contribution in [-0.2, 0) is 0 Å². The van der Waals surface area contributed by atoms with Crippen LogP contribution in [0.1, 0.15) is 15.9 Å². The number of hydrogen-bond donors (Lipinski definition) is 1. The molecule has 0 aliphatic carbocycles. The quantitative estimate of drug-likeness (QED) is 0.779. The molecular weight excluding hydrogens is 198 g/mol. The van der Waals surface area contributed by atoms with Crippen molar-refractivity contribution in [1.82, 2.24) is 0 Å². The second-order valence-corrected chi connectivity index (χ2v) is 3.06. The normalized spacial score (nSPS) is 8.88. The molecule has 16 heavy (non-hydrogen) atoms. The van der Waals surface area contributed by atoms with E-state index in [1.165, 1.54) is 7.05 Å². The number of carbonyl (C=O) groups excluding carboxylic acids is 1. The Kier molecular flexibility index (Phi) is 4.96. The molecule has 2 aromatic carbocycles. The summed E-state index contributed by atoms with van der Waals surface area (Å²) in [5, 5.41) is 0. The number of ketones is 1. The second kappa shape index (κ2) is 6.53. The van der Waals surface area contributed by atoms with Crippen LogP contribution in [0.2, 0.25) is 0 Å². The summed E-state index contributed by atoms with van der Waals surface area (Å²) in [5.41, 5.74) is 5.97. The minimum Gasteiger partial charge on any atom is -0.333 e. The molecule has 0 atom stereocenters. The summed E-state index contributed by atoms with van der Waals surface area (Å²) in [5.74, 6) is 0.0752. The molecule has 0 radical (unpaired) electrons. The first kappa shape index (κ1) is 12.1. The van der Waals surface area contributed by atoms with Crippen molar-refractivity contribution < 1.29 is 4.79 Å². The van der Waals surface area contributed by atoms with E-state index in [4.69, 9.17) is 0 Å². The van der Waals surface area contributed by atoms with Gasteiger partial charge in [0.2, 0.25) is 0 Å². The first-order valence-electron chi connectivity index (χ1n) is 5.10. The summed E-state index contributed by atoms with van der Waals surface area (Å²) < 4.78 is 0. The van der Waals surface area contributed by atoms with Gasteiger partial charge >= 0.3 is 0 Å². The fraction of sp³-hybridized carbons (Fsp3) is 0.0714. The molecule has 0 saturated carbocycles. The van der Waals surface area contributed by atoms with E-state index >= 15 is 0 Å². The third-order valence-electron chi connectivity index (χ3n) is 2.07. The molecule has 0 bridgehead atoms. The molecule has 0 spiro atoms. The molecule has 0 saturated heterocycles. The van der Waals surface area contributed by atoms with Gasteiger partial charge in [0.1, 0.15) is 0 Å². The van der Waals surface area contributed by atoms with Crippen LogP contribution in [0, 0.1) is 0 Å². The van der Waals surface area contributed by atoms with E-state index in [1.807, 2.05) is 60.7 Å². The van der Waals surface area contributed by atoms with Gasteiger partial charge in [-0.15, -0.1) is 0 Å². The highest BCUT2D eigenvalue weighted by atomic mass is 16.1. The fourth-order valence-corrected chi connectivity index (χ4v) is 1.35. The summed E-state index contributed by atoms with van der Waals surface area (Å²) in [7, 11) is 1.50. The van der Waals surface area contributed by atoms with E-state index in [-0.39, 0.29) is 5.78 Å². The Balaban J connectivity index is 0.000000606. The average Bonchev–Trinajstić information content (AvgIpc) is 2.42. The van der Waals surface area contributed by atoms with Crippen molar-refractivity contribution in [3.8, 4) is 0 Å². The molecule has 0 aromatic heterocycles. The van der Waals surface area contributed by atoms with Crippen LogP contribution in [0.5, 0.6) is 0 Å². The van der Waals surface area contributed by atoms with Crippen molar-refractivity contribution in [2.24, 2.45) is 5.73 Å². The molecule has 2 heteroatoms. The Morgan fingerprint density at radius 1 is 0.750 bits per heavy atom. The Hall–Kier alpha value is -1.93. The number of hydrogen-bond acceptors (Lipinski definition) is 2. The zero-order valence-corrected chi connectivity index (χ0v) is 9.26. The van der Waals surface area contributed by atoms with Gasteiger partial charge in [0, 0.05) is 11.1 Å². The number of carbonyl (C=O) groups is 1. The van der Waals surface area contributed by atoms with Gasteiger partial charge in [-0.25, -0.2) is 0 Å². The Morgan fingerprint density at radius 3 is 1.38 bits per heavy atom. The van der Waals surface area contributed by atoms with Crippen molar-refractivity contribution in [1.29, 1.82) is 0 Å². The molecule has 2 rings (SSSR count). The topological polar surface area (TPSA) is 43.1 Å². The van der Waals surface area contributed by atoms with E-state index in [0.717, 1.165) is 11.1 Å². The maximum Gasteiger partial charge on any atom is 0.193 e. The summed E-state index contributed by atoms with van der Waals surface area (Å²) in [4.78, 5) is 11.8. The molecule has 0 aliphatic heterocycles. The predicted octanol–water partition coefficient (Wildman–Crippen LogP) is 2.49. The first-order chi connectivity index (χ1) is 7.88. The minimum atomic E-state index is 0.0752. The Morgan fingerprint density at radius 2 is 1.06 bits per heavy atom. The summed E-state index contributed by atoms with van der Waals surface area (Å²) >= 11 is 0. The van der Waals surface area contributed by atoms with Crippen LogP contribution in [-0.4, -0.2) is 12.8 Å². The maximum atomic E-state index is 11.8. The molecule has 0 amide bonds. The van der Waals surface area contributed by atoms with Gasteiger partial charge in [0.25, 0.3) is 0 Å². The van der Waals surface area contributed by atoms with Crippen LogP contribution in [0.15, 0.2) is 60.7 Å². The SMILES string of the molecule is CN.O=C(c1ccccc1)c1ccccc1. The van der Waals surface area contributed by atoms with Crippen molar-refractivity contribution in [3.63, 3.8) is 0 Å². The Labute approximate surface area is 95.7 Å². The Bertz CT molecular complexity index is 382. The zero-order valence-electron chi connectivity index (χ0n) is 9.26. The molecule has 0 heterocycles. The minimum absolute atomic E-state index is 0.0752. The summed E-state index contributed by atoms with van der Waals surface area (Å²) in [6.45, 7) is 0. The molecule has 2 N–H and O–H groups in total. The summed E-state index contributed by atoms with van der Waals surface area (Å²) in [6.07, 6.45) is 0. The highest BCUT2D eigenvalue weighted by Crippen LogP contribution is 2.08. The monoisotopic (exact) mass is 213 g/mol. The second-order valence-electron chi connectivity index (χ2n) is 3.06. The van der Waals surface area contributed by atoms with Crippen molar-refractivity contribution in [3.05, 3.63) is 71.8 Å². The van der Waals surface area contributed by atoms with Crippen LogP contribution in [0.3, 0.4) is 0 Å². The third-order valence-corrected chi connectivity index (χ3v) is 2.07. The summed E-state index contributed by atoms with van der Waals surface area (Å²) in [6, 6.07) is 18.6. The van der Waals surface area contributed by atoms with E-state index in [2.05, 4.69) is 5.73 Å². The van der Waals surface area contributed by atoms with Gasteiger partial charge < -0.3 is 5.73 Å². The lowest BCUT2D eigenvalue weighted by Gasteiger charge is -1.99. The predicted molar refractivity (Wildman–Crippen MR) is 66.4 cm³/mol. The average molecular weight is 213 g/mol. The van der Waals surface area contributed by atoms with E-state index in [9.17, 15) is 4.79 Å². The van der Waals surface area contributed by atoms with Gasteiger partial charge in [-0.3, -0.25) is 4.79 Å². The molecule has 0 fully saturated rings. The van der Waals surface area contributed by atoms with Gasteiger partial charge in [-0.2, -0.15) is 0 Å². The molecular formula is C14H15NO. The van der Waals surface area contributed by atoms with E-state index < -0.39 is 0 Å². The standard InChI is InChI=1S/C13H10O.CH5N/c14-13(11-7-3-1-4-8-11)12-9-5-2-6-10-12;1-2/h1-10H;2H2,1H3. The highest BCUT2D eigenvalue weighted by Gasteiger charge is 2.06. The van der Waals surface area contributed by atoms with Gasteiger partial charge in [-0.05, 0) is 7.05 Å². The molecule has 2 nitrogen and oxygen atoms in total. The van der Waals surface area contributed by atoms with Crippen molar-refractivity contribution >= 4 is 5.78 Å². The largest absolute Gasteiger partial charge is 0.333 e. The van der Waals surface area contributed by atoms with Gasteiger partial charge in [0.15, 0.2) is 5.78 Å². The van der Waals surface area contributed by atoms with Crippen LogP contribution in [0.25, 0.3) is 0 Å². The number of rotatable bonds is 2. The van der Waals surface area contributed by atoms with Crippen molar-refractivity contribution in [2.75, 3.05) is 7.05 Å². The molecule has 0 unspecified atom stereocenters. The first-order valence-corrected chi connectivity index (χ1v) is 5.10. The third kappa shape index (κ3) is 3.04. The maximum absolute atomic E-state index is 11.8. The lowest BCUT2D eigenvalue weighted by atomic mass is 10.0. The van der Waals surface area contributed by atoms with Gasteiger partial charge in [0.05, 0.1) is 0 Å². The lowest BCUT2D eigenvalue weighted by Crippen LogP contribution is -1.99. The molecule has 0 aliphatic rings. The number of benzene rings is 2. The lowest BCUT2D eigenvalue weighted by molar-refractivity contribution is 0.103. The van der Waals surface area contributed by atoms with Crippen molar-refractivity contribution in [2.45, 2.75) is 0 Å². The smallest absolute Gasteiger partial charge is 0.193 e. The van der Waals surface area contributed by atoms with Crippen LogP contribution in [0.4, 0.5) is 0 Å². The fourth-order valence-electron chi connectivity index (χ4n) is 1.35. The van der Waals surface area contributed by atoms with Crippen LogP contribution < -0.4 is 5.73 Å². The number of nitrogens with two attached hydrogens (primary N) is 1. The highest BCUT2D eigenvalue weighted by molar-refractivity contribution is 6.08. The van der Waals surface area contributed by atoms with Crippen LogP contribution >= 0.6 is 0 Å². The zero-order chi connectivity index (χ0) is 11.8. The van der Waals surface area contributed by atoms with Gasteiger partial charge in [-0.1, -0.05) is 60.7 Å². The van der Waals surface area contributed by atoms with E-state index in [1.54, 1.807) is 0 Å².